The van der Waals surface area contributed by atoms with E-state index >= 15 is 0 Å². The van der Waals surface area contributed by atoms with Crippen molar-refractivity contribution < 1.29 is 29.3 Å². The molecule has 2 heterocycles. The summed E-state index contributed by atoms with van der Waals surface area (Å²) in [5, 5.41) is 24.2. The molecule has 9 nitrogen and oxygen atoms in total. The largest absolute Gasteiger partial charge is 0.508 e. The number of aliphatic hydroxyl groups excluding tert-OH is 1. The van der Waals surface area contributed by atoms with Crippen LogP contribution in [0.2, 0.25) is 0 Å². The van der Waals surface area contributed by atoms with Crippen molar-refractivity contribution in [1.29, 1.82) is 0 Å². The third-order valence-electron chi connectivity index (χ3n) is 8.02. The maximum absolute atomic E-state index is 13.6. The zero-order chi connectivity index (χ0) is 28.6. The lowest BCUT2D eigenvalue weighted by Crippen LogP contribution is -2.74. The van der Waals surface area contributed by atoms with E-state index in [1.807, 2.05) is 61.5 Å². The summed E-state index contributed by atoms with van der Waals surface area (Å²) < 4.78 is 5.98. The molecular formula is C31H33N3O6. The number of rotatable bonds is 8. The second-order valence-corrected chi connectivity index (χ2v) is 10.6. The predicted octanol–water partition coefficient (Wildman–Crippen LogP) is 2.65. The summed E-state index contributed by atoms with van der Waals surface area (Å²) in [4.78, 5) is 43.0. The van der Waals surface area contributed by atoms with Gasteiger partial charge >= 0.3 is 0 Å². The lowest BCUT2D eigenvalue weighted by molar-refractivity contribution is -0.202. The number of amides is 3. The van der Waals surface area contributed by atoms with Gasteiger partial charge in [0.15, 0.2) is 17.9 Å². The van der Waals surface area contributed by atoms with E-state index in [9.17, 15) is 24.6 Å². The predicted molar refractivity (Wildman–Crippen MR) is 147 cm³/mol. The van der Waals surface area contributed by atoms with Crippen LogP contribution in [0.25, 0.3) is 0 Å². The molecule has 3 aromatic carbocycles. The number of carbonyl (C=O) groups excluding carboxylic acids is 3. The number of benzene rings is 3. The first-order valence-corrected chi connectivity index (χ1v) is 13.2. The Balaban J connectivity index is 1.35. The van der Waals surface area contributed by atoms with Crippen LogP contribution < -0.4 is 5.32 Å². The fourth-order valence-corrected chi connectivity index (χ4v) is 5.48. The molecule has 0 spiro atoms. The summed E-state index contributed by atoms with van der Waals surface area (Å²) in [6.45, 7) is 5.54. The molecule has 9 heteroatoms. The second kappa shape index (κ2) is 10.7. The summed E-state index contributed by atoms with van der Waals surface area (Å²) in [6, 6.07) is 19.7. The van der Waals surface area contributed by atoms with E-state index < -0.39 is 35.7 Å². The van der Waals surface area contributed by atoms with Crippen LogP contribution in [-0.4, -0.2) is 68.4 Å². The standard InChI is InChI=1S/C31H33N3O6/c1-19-10-7-8-13-22(19)17-34-30(39)27-31(34,3)40-18-33(27)29(38)26(36)24(16-21-11-5-4-6-12-21)32-28(37)23-14-9-15-25(35)20(23)2/h4-15,24,26-27,35-36H,16-18H2,1-3H3,(H,32,37)/t24-,26-,27+,31?/m0/s1. The van der Waals surface area contributed by atoms with Crippen molar-refractivity contribution in [2.45, 2.75) is 57.6 Å². The van der Waals surface area contributed by atoms with E-state index in [1.54, 1.807) is 30.9 Å². The van der Waals surface area contributed by atoms with Crippen molar-refractivity contribution in [3.8, 4) is 5.75 Å². The number of aliphatic hydroxyl groups is 1. The van der Waals surface area contributed by atoms with Crippen LogP contribution in [0.3, 0.4) is 0 Å². The van der Waals surface area contributed by atoms with Gasteiger partial charge in [0.25, 0.3) is 17.7 Å². The SMILES string of the molecule is Cc1ccccc1CN1C(=O)[C@H]2N(C(=O)[C@@H](O)[C@H](Cc3ccccc3)NC(=O)c3cccc(O)c3C)COC21C. The van der Waals surface area contributed by atoms with Crippen LogP contribution in [0.4, 0.5) is 0 Å². The molecule has 3 amide bonds. The van der Waals surface area contributed by atoms with Crippen molar-refractivity contribution in [1.82, 2.24) is 15.1 Å². The van der Waals surface area contributed by atoms with Crippen molar-refractivity contribution in [3.05, 3.63) is 101 Å². The number of hydrogen-bond acceptors (Lipinski definition) is 6. The number of hydrogen-bond donors (Lipinski definition) is 3. The smallest absolute Gasteiger partial charge is 0.256 e. The Morgan fingerprint density at radius 1 is 1.05 bits per heavy atom. The number of nitrogens with zero attached hydrogens (tertiary/aromatic N) is 2. The summed E-state index contributed by atoms with van der Waals surface area (Å²) in [5.74, 6) is -1.53. The van der Waals surface area contributed by atoms with Crippen LogP contribution in [0, 0.1) is 13.8 Å². The molecule has 0 aromatic heterocycles. The molecule has 2 saturated heterocycles. The number of β-lactam (4-membered cyclic amide) rings is 1. The van der Waals surface area contributed by atoms with Gasteiger partial charge in [-0.15, -0.1) is 0 Å². The molecule has 3 aromatic rings. The number of nitrogens with one attached hydrogen (secondary N) is 1. The molecule has 2 fully saturated rings. The number of aromatic hydroxyl groups is 1. The Labute approximate surface area is 233 Å². The van der Waals surface area contributed by atoms with Gasteiger partial charge in [-0.05, 0) is 56.0 Å². The Hall–Kier alpha value is -4.21. The highest BCUT2D eigenvalue weighted by molar-refractivity contribution is 5.98. The number of phenols is 1. The molecule has 0 saturated carbocycles. The van der Waals surface area contributed by atoms with Gasteiger partial charge in [-0.3, -0.25) is 19.3 Å². The van der Waals surface area contributed by atoms with E-state index in [4.69, 9.17) is 4.74 Å². The van der Waals surface area contributed by atoms with Gasteiger partial charge in [-0.25, -0.2) is 0 Å². The van der Waals surface area contributed by atoms with E-state index in [-0.39, 0.29) is 30.4 Å². The first-order chi connectivity index (χ1) is 19.1. The average molecular weight is 544 g/mol. The van der Waals surface area contributed by atoms with Crippen molar-refractivity contribution >= 4 is 17.7 Å². The van der Waals surface area contributed by atoms with Crippen LogP contribution >= 0.6 is 0 Å². The highest BCUT2D eigenvalue weighted by Crippen LogP contribution is 2.43. The molecule has 0 radical (unpaired) electrons. The summed E-state index contributed by atoms with van der Waals surface area (Å²) in [5.41, 5.74) is 2.43. The molecule has 40 heavy (non-hydrogen) atoms. The van der Waals surface area contributed by atoms with Gasteiger partial charge in [0, 0.05) is 17.7 Å². The summed E-state index contributed by atoms with van der Waals surface area (Å²) in [7, 11) is 0. The van der Waals surface area contributed by atoms with Crippen molar-refractivity contribution in [3.63, 3.8) is 0 Å². The number of carbonyl (C=O) groups is 3. The van der Waals surface area contributed by atoms with Gasteiger partial charge in [0.05, 0.1) is 6.04 Å². The Kier molecular flexibility index (Phi) is 7.35. The van der Waals surface area contributed by atoms with Crippen molar-refractivity contribution in [2.24, 2.45) is 0 Å². The van der Waals surface area contributed by atoms with E-state index in [0.717, 1.165) is 16.7 Å². The van der Waals surface area contributed by atoms with Gasteiger partial charge in [0.1, 0.15) is 12.5 Å². The number of likely N-dealkylation sites (tertiary alicyclic amines) is 1. The molecule has 3 N–H and O–H groups in total. The lowest BCUT2D eigenvalue weighted by atomic mass is 9.89. The van der Waals surface area contributed by atoms with Gasteiger partial charge in [-0.1, -0.05) is 60.7 Å². The third kappa shape index (κ3) is 4.82. The third-order valence-corrected chi connectivity index (χ3v) is 8.02. The first kappa shape index (κ1) is 27.4. The minimum atomic E-state index is -1.65. The van der Waals surface area contributed by atoms with Crippen LogP contribution in [0.1, 0.15) is 39.5 Å². The highest BCUT2D eigenvalue weighted by Gasteiger charge is 2.66. The zero-order valence-electron chi connectivity index (χ0n) is 22.7. The van der Waals surface area contributed by atoms with Gasteiger partial charge in [-0.2, -0.15) is 0 Å². The molecule has 2 aliphatic heterocycles. The van der Waals surface area contributed by atoms with Crippen LogP contribution in [-0.2, 0) is 27.3 Å². The second-order valence-electron chi connectivity index (χ2n) is 10.6. The highest BCUT2D eigenvalue weighted by atomic mass is 16.6. The minimum Gasteiger partial charge on any atom is -0.508 e. The fraction of sp³-hybridized carbons (Fsp3) is 0.323. The Morgan fingerprint density at radius 2 is 1.75 bits per heavy atom. The lowest BCUT2D eigenvalue weighted by Gasteiger charge is -2.51. The molecule has 0 aliphatic carbocycles. The summed E-state index contributed by atoms with van der Waals surface area (Å²) >= 11 is 0. The molecule has 208 valence electrons. The van der Waals surface area contributed by atoms with Gasteiger partial charge in [0.2, 0.25) is 0 Å². The number of aryl methyl sites for hydroxylation is 1. The van der Waals surface area contributed by atoms with Crippen LogP contribution in [0.5, 0.6) is 5.75 Å². The molecule has 2 aliphatic rings. The monoisotopic (exact) mass is 543 g/mol. The molecule has 1 unspecified atom stereocenters. The van der Waals surface area contributed by atoms with Gasteiger partial charge < -0.3 is 25.2 Å². The Morgan fingerprint density at radius 3 is 2.48 bits per heavy atom. The molecule has 4 atom stereocenters. The van der Waals surface area contributed by atoms with E-state index in [2.05, 4.69) is 5.32 Å². The average Bonchev–Trinajstić information content (AvgIpc) is 3.26. The molecular weight excluding hydrogens is 510 g/mol. The quantitative estimate of drug-likeness (QED) is 0.376. The van der Waals surface area contributed by atoms with Crippen LogP contribution in [0.15, 0.2) is 72.8 Å². The molecule has 5 rings (SSSR count). The van der Waals surface area contributed by atoms with E-state index in [0.29, 0.717) is 12.1 Å². The normalized spacial score (nSPS) is 21.4. The maximum atomic E-state index is 13.6. The first-order valence-electron chi connectivity index (χ1n) is 13.2. The topological polar surface area (TPSA) is 119 Å². The minimum absolute atomic E-state index is 0.0314. The number of fused-ring (bicyclic) bond motifs is 1. The van der Waals surface area contributed by atoms with E-state index in [1.165, 1.54) is 11.0 Å². The zero-order valence-corrected chi connectivity index (χ0v) is 22.7. The number of ether oxygens (including phenoxy) is 1. The molecule has 0 bridgehead atoms. The maximum Gasteiger partial charge on any atom is 0.256 e. The fourth-order valence-electron chi connectivity index (χ4n) is 5.48. The van der Waals surface area contributed by atoms with Crippen molar-refractivity contribution in [2.75, 3.05) is 6.73 Å². The summed E-state index contributed by atoms with van der Waals surface area (Å²) in [6.07, 6.45) is -1.48. The Bertz CT molecular complexity index is 1440. The number of phenolic OH excluding ortho intramolecular Hbond substituents is 1.